The monoisotopic (exact) mass is 305 g/mol. The Labute approximate surface area is 135 Å². The minimum atomic E-state index is -0.0659. The van der Waals surface area contributed by atoms with Crippen molar-refractivity contribution in [1.29, 1.82) is 0 Å². The Balaban J connectivity index is 2.24. The molecule has 0 aliphatic carbocycles. The van der Waals surface area contributed by atoms with Crippen LogP contribution in [0.15, 0.2) is 88.9 Å². The summed E-state index contributed by atoms with van der Waals surface area (Å²) in [5, 5.41) is 3.20. The molecule has 0 spiro atoms. The lowest BCUT2D eigenvalue weighted by molar-refractivity contribution is 0.945. The number of rotatable bonds is 4. The SMILES string of the molecule is O=Nc1ccccc1C(c1ccccc1)c1ccccc1S. The number of thiol groups is 1. The first kappa shape index (κ1) is 14.5. The fraction of sp³-hybridized carbons (Fsp3) is 0.0526. The van der Waals surface area contributed by atoms with Gasteiger partial charge >= 0.3 is 0 Å². The van der Waals surface area contributed by atoms with Crippen molar-refractivity contribution in [3.05, 3.63) is 100 Å². The second-order valence-corrected chi connectivity index (χ2v) is 5.53. The molecule has 0 heterocycles. The summed E-state index contributed by atoms with van der Waals surface area (Å²) in [6.45, 7) is 0. The van der Waals surface area contributed by atoms with Crippen molar-refractivity contribution in [3.8, 4) is 0 Å². The van der Waals surface area contributed by atoms with Crippen LogP contribution in [0.1, 0.15) is 22.6 Å². The highest BCUT2D eigenvalue weighted by Gasteiger charge is 2.21. The first-order valence-electron chi connectivity index (χ1n) is 7.06. The van der Waals surface area contributed by atoms with Crippen LogP contribution in [-0.2, 0) is 0 Å². The van der Waals surface area contributed by atoms with Crippen LogP contribution < -0.4 is 0 Å². The molecule has 0 saturated heterocycles. The van der Waals surface area contributed by atoms with E-state index in [9.17, 15) is 4.91 Å². The van der Waals surface area contributed by atoms with E-state index in [-0.39, 0.29) is 5.92 Å². The first-order chi connectivity index (χ1) is 10.8. The molecule has 3 aromatic carbocycles. The van der Waals surface area contributed by atoms with Gasteiger partial charge in [-0.3, -0.25) is 0 Å². The lowest BCUT2D eigenvalue weighted by Crippen LogP contribution is -2.04. The maximum absolute atomic E-state index is 11.2. The van der Waals surface area contributed by atoms with Gasteiger partial charge in [-0.1, -0.05) is 66.7 Å². The third kappa shape index (κ3) is 2.81. The molecule has 0 aromatic heterocycles. The van der Waals surface area contributed by atoms with Crippen LogP contribution in [0, 0.1) is 4.91 Å². The molecule has 0 N–H and O–H groups in total. The summed E-state index contributed by atoms with van der Waals surface area (Å²) in [7, 11) is 0. The van der Waals surface area contributed by atoms with E-state index in [0.29, 0.717) is 5.69 Å². The van der Waals surface area contributed by atoms with Crippen LogP contribution in [0.3, 0.4) is 0 Å². The predicted molar refractivity (Wildman–Crippen MR) is 93.0 cm³/mol. The average Bonchev–Trinajstić information content (AvgIpc) is 2.58. The van der Waals surface area contributed by atoms with E-state index in [0.717, 1.165) is 21.6 Å². The third-order valence-electron chi connectivity index (χ3n) is 3.73. The van der Waals surface area contributed by atoms with E-state index in [2.05, 4.69) is 29.9 Å². The van der Waals surface area contributed by atoms with Crippen LogP contribution >= 0.6 is 12.6 Å². The molecular weight excluding hydrogens is 290 g/mol. The zero-order valence-electron chi connectivity index (χ0n) is 11.9. The molecule has 0 aliphatic rings. The second-order valence-electron chi connectivity index (χ2n) is 5.05. The van der Waals surface area contributed by atoms with Gasteiger partial charge in [0.1, 0.15) is 5.69 Å². The number of hydrogen-bond donors (Lipinski definition) is 1. The number of nitroso groups, excluding NO2 is 1. The zero-order valence-corrected chi connectivity index (χ0v) is 12.8. The summed E-state index contributed by atoms with van der Waals surface area (Å²) in [6.07, 6.45) is 0. The summed E-state index contributed by atoms with van der Waals surface area (Å²) in [5.74, 6) is -0.0659. The fourth-order valence-corrected chi connectivity index (χ4v) is 3.01. The second kappa shape index (κ2) is 6.58. The molecule has 2 nitrogen and oxygen atoms in total. The minimum absolute atomic E-state index is 0.0659. The highest BCUT2D eigenvalue weighted by atomic mass is 32.1. The minimum Gasteiger partial charge on any atom is -0.145 e. The molecule has 0 radical (unpaired) electrons. The molecule has 0 aliphatic heterocycles. The lowest BCUT2D eigenvalue weighted by Gasteiger charge is -2.21. The van der Waals surface area contributed by atoms with Gasteiger partial charge in [-0.25, -0.2) is 0 Å². The highest BCUT2D eigenvalue weighted by Crippen LogP contribution is 2.39. The van der Waals surface area contributed by atoms with E-state index in [4.69, 9.17) is 0 Å². The van der Waals surface area contributed by atoms with Crippen molar-refractivity contribution in [2.45, 2.75) is 10.8 Å². The predicted octanol–water partition coefficient (Wildman–Crippen LogP) is 5.55. The van der Waals surface area contributed by atoms with Gasteiger partial charge in [0.25, 0.3) is 0 Å². The van der Waals surface area contributed by atoms with Crippen molar-refractivity contribution >= 4 is 18.3 Å². The van der Waals surface area contributed by atoms with Gasteiger partial charge in [0.15, 0.2) is 0 Å². The van der Waals surface area contributed by atoms with Gasteiger partial charge in [0.2, 0.25) is 0 Å². The van der Waals surface area contributed by atoms with Crippen LogP contribution in [-0.4, -0.2) is 0 Å². The Hall–Kier alpha value is -2.39. The fourth-order valence-electron chi connectivity index (χ4n) is 2.72. The van der Waals surface area contributed by atoms with Gasteiger partial charge in [0.05, 0.1) is 0 Å². The van der Waals surface area contributed by atoms with Gasteiger partial charge in [-0.05, 0) is 34.0 Å². The quantitative estimate of drug-likeness (QED) is 0.382. The molecular formula is C19H15NOS. The van der Waals surface area contributed by atoms with Crippen molar-refractivity contribution in [1.82, 2.24) is 0 Å². The van der Waals surface area contributed by atoms with Crippen LogP contribution in [0.5, 0.6) is 0 Å². The Kier molecular flexibility index (Phi) is 4.35. The molecule has 0 bridgehead atoms. The molecule has 0 saturated carbocycles. The van der Waals surface area contributed by atoms with E-state index >= 15 is 0 Å². The topological polar surface area (TPSA) is 29.4 Å². The van der Waals surface area contributed by atoms with Gasteiger partial charge in [-0.15, -0.1) is 17.5 Å². The molecule has 3 aromatic rings. The first-order valence-corrected chi connectivity index (χ1v) is 7.51. The molecule has 108 valence electrons. The third-order valence-corrected chi connectivity index (χ3v) is 4.13. The molecule has 22 heavy (non-hydrogen) atoms. The number of benzene rings is 3. The molecule has 3 heteroatoms. The van der Waals surface area contributed by atoms with Crippen LogP contribution in [0.4, 0.5) is 5.69 Å². The van der Waals surface area contributed by atoms with E-state index in [1.54, 1.807) is 6.07 Å². The normalized spacial score (nSPS) is 11.9. The summed E-state index contributed by atoms with van der Waals surface area (Å²) in [4.78, 5) is 12.1. The Morgan fingerprint density at radius 1 is 0.727 bits per heavy atom. The molecule has 3 rings (SSSR count). The smallest absolute Gasteiger partial charge is 0.112 e. The van der Waals surface area contributed by atoms with E-state index < -0.39 is 0 Å². The van der Waals surface area contributed by atoms with Gasteiger partial charge in [-0.2, -0.15) is 0 Å². The molecule has 0 amide bonds. The highest BCUT2D eigenvalue weighted by molar-refractivity contribution is 7.80. The number of nitrogens with zero attached hydrogens (tertiary/aromatic N) is 1. The largest absolute Gasteiger partial charge is 0.145 e. The van der Waals surface area contributed by atoms with Crippen molar-refractivity contribution in [2.24, 2.45) is 5.18 Å². The Bertz CT molecular complexity index is 786. The Morgan fingerprint density at radius 3 is 2.00 bits per heavy atom. The van der Waals surface area contributed by atoms with Gasteiger partial charge < -0.3 is 0 Å². The van der Waals surface area contributed by atoms with Crippen LogP contribution in [0.25, 0.3) is 0 Å². The maximum atomic E-state index is 11.2. The zero-order chi connectivity index (χ0) is 15.4. The molecule has 1 unspecified atom stereocenters. The number of hydrogen-bond acceptors (Lipinski definition) is 3. The molecule has 1 atom stereocenters. The van der Waals surface area contributed by atoms with Gasteiger partial charge in [0, 0.05) is 10.8 Å². The maximum Gasteiger partial charge on any atom is 0.112 e. The summed E-state index contributed by atoms with van der Waals surface area (Å²) in [6, 6.07) is 25.5. The summed E-state index contributed by atoms with van der Waals surface area (Å²) < 4.78 is 0. The van der Waals surface area contributed by atoms with Crippen LogP contribution in [0.2, 0.25) is 0 Å². The van der Waals surface area contributed by atoms with E-state index in [1.807, 2.05) is 60.7 Å². The summed E-state index contributed by atoms with van der Waals surface area (Å²) in [5.41, 5.74) is 3.53. The average molecular weight is 305 g/mol. The van der Waals surface area contributed by atoms with Crippen molar-refractivity contribution < 1.29 is 0 Å². The van der Waals surface area contributed by atoms with Crippen molar-refractivity contribution in [2.75, 3.05) is 0 Å². The summed E-state index contributed by atoms with van der Waals surface area (Å²) >= 11 is 4.59. The molecule has 0 fully saturated rings. The lowest BCUT2D eigenvalue weighted by atomic mass is 9.84. The standard InChI is InChI=1S/C19H15NOS/c21-20-17-12-6-4-10-15(17)19(14-8-2-1-3-9-14)16-11-5-7-13-18(16)22/h1-13,19,22H. The van der Waals surface area contributed by atoms with Crippen molar-refractivity contribution in [3.63, 3.8) is 0 Å². The Morgan fingerprint density at radius 2 is 1.32 bits per heavy atom. The van der Waals surface area contributed by atoms with E-state index in [1.165, 1.54) is 0 Å².